The molecule has 16 heavy (non-hydrogen) atoms. The first-order valence-corrected chi connectivity index (χ1v) is 5.80. The van der Waals surface area contributed by atoms with Crippen LogP contribution >= 0.6 is 0 Å². The third-order valence-electron chi connectivity index (χ3n) is 3.11. The Hall–Kier alpha value is -1.29. The number of aryl methyl sites for hydroxylation is 1. The highest BCUT2D eigenvalue weighted by Crippen LogP contribution is 2.21. The van der Waals surface area contributed by atoms with Crippen molar-refractivity contribution in [3.63, 3.8) is 0 Å². The van der Waals surface area contributed by atoms with Crippen LogP contribution in [-0.4, -0.2) is 24.7 Å². The molecule has 0 amide bonds. The van der Waals surface area contributed by atoms with Gasteiger partial charge in [-0.2, -0.15) is 0 Å². The summed E-state index contributed by atoms with van der Waals surface area (Å²) in [4.78, 5) is 4.26. The van der Waals surface area contributed by atoms with E-state index >= 15 is 0 Å². The first-order chi connectivity index (χ1) is 7.77. The van der Waals surface area contributed by atoms with Gasteiger partial charge in [0.2, 0.25) is 0 Å². The molecule has 4 nitrogen and oxygen atoms in total. The third kappa shape index (κ3) is 2.64. The predicted molar refractivity (Wildman–Crippen MR) is 65.4 cm³/mol. The zero-order valence-corrected chi connectivity index (χ0v) is 9.70. The fourth-order valence-electron chi connectivity index (χ4n) is 1.90. The minimum Gasteiger partial charge on any atom is -0.396 e. The number of nitrogens with zero attached hydrogens (tertiary/aromatic N) is 1. The lowest BCUT2D eigenvalue weighted by Crippen LogP contribution is -2.23. The normalized spacial score (nSPS) is 17.3. The molecule has 1 aromatic heterocycles. The Bertz CT molecular complexity index is 348. The van der Waals surface area contributed by atoms with E-state index < -0.39 is 0 Å². The van der Waals surface area contributed by atoms with Crippen LogP contribution in [0.4, 0.5) is 11.5 Å². The largest absolute Gasteiger partial charge is 0.396 e. The SMILES string of the molecule is Cc1ccnc(NCC2CCOCC2)c1N. The van der Waals surface area contributed by atoms with E-state index in [0.717, 1.165) is 49.7 Å². The molecule has 3 N–H and O–H groups in total. The number of nitrogens with two attached hydrogens (primary N) is 1. The number of hydrogen-bond donors (Lipinski definition) is 2. The van der Waals surface area contributed by atoms with Crippen molar-refractivity contribution in [1.29, 1.82) is 0 Å². The average molecular weight is 221 g/mol. The minimum atomic E-state index is 0.676. The van der Waals surface area contributed by atoms with Gasteiger partial charge in [-0.3, -0.25) is 0 Å². The van der Waals surface area contributed by atoms with Crippen LogP contribution in [0.1, 0.15) is 18.4 Å². The van der Waals surface area contributed by atoms with Gasteiger partial charge in [-0.1, -0.05) is 0 Å². The molecular formula is C12H19N3O. The van der Waals surface area contributed by atoms with Crippen LogP contribution in [0, 0.1) is 12.8 Å². The standard InChI is InChI=1S/C12H19N3O/c1-9-2-5-14-12(11(9)13)15-8-10-3-6-16-7-4-10/h2,5,10H,3-4,6-8,13H2,1H3,(H,14,15). The smallest absolute Gasteiger partial charge is 0.149 e. The third-order valence-corrected chi connectivity index (χ3v) is 3.11. The maximum absolute atomic E-state index is 5.95. The molecule has 1 aromatic rings. The molecule has 0 spiro atoms. The second kappa shape index (κ2) is 5.16. The van der Waals surface area contributed by atoms with E-state index in [9.17, 15) is 0 Å². The summed E-state index contributed by atoms with van der Waals surface area (Å²) >= 11 is 0. The fraction of sp³-hybridized carbons (Fsp3) is 0.583. The van der Waals surface area contributed by atoms with Gasteiger partial charge in [-0.15, -0.1) is 0 Å². The van der Waals surface area contributed by atoms with Crippen molar-refractivity contribution in [1.82, 2.24) is 4.98 Å². The summed E-state index contributed by atoms with van der Waals surface area (Å²) < 4.78 is 5.33. The molecule has 2 heterocycles. The number of aromatic nitrogens is 1. The van der Waals surface area contributed by atoms with Crippen LogP contribution in [0.3, 0.4) is 0 Å². The number of pyridine rings is 1. The van der Waals surface area contributed by atoms with Crippen LogP contribution < -0.4 is 11.1 Å². The van der Waals surface area contributed by atoms with Gasteiger partial charge in [0.1, 0.15) is 5.82 Å². The van der Waals surface area contributed by atoms with E-state index in [4.69, 9.17) is 10.5 Å². The molecule has 88 valence electrons. The van der Waals surface area contributed by atoms with E-state index in [-0.39, 0.29) is 0 Å². The summed E-state index contributed by atoms with van der Waals surface area (Å²) in [7, 11) is 0. The van der Waals surface area contributed by atoms with Crippen molar-refractivity contribution in [2.45, 2.75) is 19.8 Å². The lowest BCUT2D eigenvalue weighted by Gasteiger charge is -2.22. The zero-order chi connectivity index (χ0) is 11.4. The topological polar surface area (TPSA) is 60.2 Å². The maximum atomic E-state index is 5.95. The quantitative estimate of drug-likeness (QED) is 0.817. The average Bonchev–Trinajstić information content (AvgIpc) is 2.32. The summed E-state index contributed by atoms with van der Waals surface area (Å²) in [5.41, 5.74) is 7.78. The van der Waals surface area contributed by atoms with E-state index in [1.807, 2.05) is 13.0 Å². The summed E-state index contributed by atoms with van der Waals surface area (Å²) in [6.07, 6.45) is 4.04. The van der Waals surface area contributed by atoms with Crippen molar-refractivity contribution in [2.75, 3.05) is 30.8 Å². The number of anilines is 2. The van der Waals surface area contributed by atoms with E-state index in [1.54, 1.807) is 6.20 Å². The molecule has 0 aromatic carbocycles. The molecule has 0 atom stereocenters. The van der Waals surface area contributed by atoms with Gasteiger partial charge in [-0.05, 0) is 37.3 Å². The Labute approximate surface area is 96.2 Å². The number of rotatable bonds is 3. The number of hydrogen-bond acceptors (Lipinski definition) is 4. The summed E-state index contributed by atoms with van der Waals surface area (Å²) in [6.45, 7) is 4.69. The van der Waals surface area contributed by atoms with Crippen LogP contribution in [-0.2, 0) is 4.74 Å². The zero-order valence-electron chi connectivity index (χ0n) is 9.70. The molecule has 2 rings (SSSR count). The Balaban J connectivity index is 1.91. The van der Waals surface area contributed by atoms with Crippen molar-refractivity contribution < 1.29 is 4.74 Å². The Morgan fingerprint density at radius 1 is 1.50 bits per heavy atom. The summed E-state index contributed by atoms with van der Waals surface area (Å²) in [6, 6.07) is 1.93. The Kier molecular flexibility index (Phi) is 3.62. The molecule has 1 saturated heterocycles. The van der Waals surface area contributed by atoms with Crippen LogP contribution in [0.15, 0.2) is 12.3 Å². The molecule has 4 heteroatoms. The Morgan fingerprint density at radius 3 is 3.00 bits per heavy atom. The molecule has 0 radical (unpaired) electrons. The molecule has 0 bridgehead atoms. The highest BCUT2D eigenvalue weighted by atomic mass is 16.5. The minimum absolute atomic E-state index is 0.676. The van der Waals surface area contributed by atoms with Crippen LogP contribution in [0.5, 0.6) is 0 Å². The van der Waals surface area contributed by atoms with E-state index in [2.05, 4.69) is 10.3 Å². The lowest BCUT2D eigenvalue weighted by atomic mass is 10.0. The summed E-state index contributed by atoms with van der Waals surface area (Å²) in [5, 5.41) is 3.33. The second-order valence-electron chi connectivity index (χ2n) is 4.33. The molecule has 1 aliphatic rings. The lowest BCUT2D eigenvalue weighted by molar-refractivity contribution is 0.0699. The summed E-state index contributed by atoms with van der Waals surface area (Å²) in [5.74, 6) is 1.49. The highest BCUT2D eigenvalue weighted by Gasteiger charge is 2.14. The van der Waals surface area contributed by atoms with Crippen molar-refractivity contribution in [3.8, 4) is 0 Å². The number of nitrogen functional groups attached to an aromatic ring is 1. The molecular weight excluding hydrogens is 202 g/mol. The van der Waals surface area contributed by atoms with Crippen molar-refractivity contribution in [2.24, 2.45) is 5.92 Å². The van der Waals surface area contributed by atoms with E-state index in [0.29, 0.717) is 5.92 Å². The Morgan fingerprint density at radius 2 is 2.25 bits per heavy atom. The molecule has 1 fully saturated rings. The van der Waals surface area contributed by atoms with Crippen molar-refractivity contribution >= 4 is 11.5 Å². The maximum Gasteiger partial charge on any atom is 0.149 e. The van der Waals surface area contributed by atoms with Gasteiger partial charge in [-0.25, -0.2) is 4.98 Å². The number of ether oxygens (including phenoxy) is 1. The van der Waals surface area contributed by atoms with E-state index in [1.165, 1.54) is 0 Å². The van der Waals surface area contributed by atoms with Gasteiger partial charge in [0, 0.05) is 26.0 Å². The van der Waals surface area contributed by atoms with Gasteiger partial charge in [0.15, 0.2) is 0 Å². The van der Waals surface area contributed by atoms with Crippen LogP contribution in [0.25, 0.3) is 0 Å². The second-order valence-corrected chi connectivity index (χ2v) is 4.33. The molecule has 0 saturated carbocycles. The number of nitrogens with one attached hydrogen (secondary N) is 1. The van der Waals surface area contributed by atoms with Gasteiger partial charge < -0.3 is 15.8 Å². The fourth-order valence-corrected chi connectivity index (χ4v) is 1.90. The first-order valence-electron chi connectivity index (χ1n) is 5.80. The molecule has 0 unspecified atom stereocenters. The van der Waals surface area contributed by atoms with Gasteiger partial charge in [0.05, 0.1) is 5.69 Å². The molecule has 0 aliphatic carbocycles. The van der Waals surface area contributed by atoms with Crippen LogP contribution in [0.2, 0.25) is 0 Å². The first kappa shape index (κ1) is 11.2. The predicted octanol–water partition coefficient (Wildman–Crippen LogP) is 1.81. The molecule has 1 aliphatic heterocycles. The monoisotopic (exact) mass is 221 g/mol. The van der Waals surface area contributed by atoms with Crippen molar-refractivity contribution in [3.05, 3.63) is 17.8 Å². The van der Waals surface area contributed by atoms with Gasteiger partial charge >= 0.3 is 0 Å². The highest BCUT2D eigenvalue weighted by molar-refractivity contribution is 5.64. The van der Waals surface area contributed by atoms with Gasteiger partial charge in [0.25, 0.3) is 0 Å².